The SMILES string of the molecule is COC(=O)c1ccc2c(c1)nc(-c1ccc(C)cc1)n2C.COC(=O)c1ccc2nc(-c3ccc(C)cc3)[nH]c2c1.COC(=O)c1ccc2nc(-c3ccc(C)cc3)n(C)c2c1. The first-order valence-electron chi connectivity index (χ1n) is 19.8. The number of nitrogens with one attached hydrogen (secondary N) is 1. The van der Waals surface area contributed by atoms with Crippen molar-refractivity contribution in [1.82, 2.24) is 29.1 Å². The molecule has 0 fully saturated rings. The number of aromatic amines is 1. The molecule has 312 valence electrons. The Kier molecular flexibility index (Phi) is 12.4. The predicted molar refractivity (Wildman–Crippen MR) is 242 cm³/mol. The molecule has 9 aromatic rings. The van der Waals surface area contributed by atoms with Crippen LogP contribution in [0.1, 0.15) is 47.8 Å². The average Bonchev–Trinajstić information content (AvgIpc) is 3.98. The van der Waals surface area contributed by atoms with Crippen molar-refractivity contribution in [3.8, 4) is 34.2 Å². The number of carbonyl (C=O) groups is 3. The second-order valence-corrected chi connectivity index (χ2v) is 14.8. The van der Waals surface area contributed by atoms with E-state index in [9.17, 15) is 14.4 Å². The maximum Gasteiger partial charge on any atom is 0.337 e. The van der Waals surface area contributed by atoms with Crippen LogP contribution in [0, 0.1) is 20.8 Å². The van der Waals surface area contributed by atoms with Gasteiger partial charge in [0.2, 0.25) is 0 Å². The van der Waals surface area contributed by atoms with Crippen LogP contribution in [0.3, 0.4) is 0 Å². The highest BCUT2D eigenvalue weighted by molar-refractivity contribution is 5.96. The van der Waals surface area contributed by atoms with E-state index in [1.807, 2.05) is 78.7 Å². The molecule has 6 aromatic carbocycles. The third kappa shape index (κ3) is 8.99. The van der Waals surface area contributed by atoms with Gasteiger partial charge in [0.05, 0.1) is 71.1 Å². The van der Waals surface area contributed by atoms with E-state index in [-0.39, 0.29) is 17.9 Å². The Morgan fingerprint density at radius 1 is 0.452 bits per heavy atom. The van der Waals surface area contributed by atoms with Crippen LogP contribution in [0.4, 0.5) is 0 Å². The number of nitrogens with zero attached hydrogens (tertiary/aromatic N) is 5. The number of aryl methyl sites for hydroxylation is 5. The van der Waals surface area contributed by atoms with E-state index in [1.54, 1.807) is 30.3 Å². The van der Waals surface area contributed by atoms with Gasteiger partial charge in [-0.1, -0.05) is 89.5 Å². The van der Waals surface area contributed by atoms with Gasteiger partial charge < -0.3 is 28.3 Å². The molecule has 3 aromatic heterocycles. The Morgan fingerprint density at radius 2 is 0.871 bits per heavy atom. The molecular formula is C50H46N6O6. The summed E-state index contributed by atoms with van der Waals surface area (Å²) in [4.78, 5) is 51.8. The molecule has 3 heterocycles. The summed E-state index contributed by atoms with van der Waals surface area (Å²) >= 11 is 0. The Morgan fingerprint density at radius 3 is 1.39 bits per heavy atom. The number of hydrogen-bond donors (Lipinski definition) is 1. The predicted octanol–water partition coefficient (Wildman–Crippen LogP) is 10.00. The summed E-state index contributed by atoms with van der Waals surface area (Å²) in [5, 5.41) is 0. The molecule has 0 unspecified atom stereocenters. The summed E-state index contributed by atoms with van der Waals surface area (Å²) in [6, 6.07) is 40.7. The van der Waals surface area contributed by atoms with Crippen LogP contribution in [0.25, 0.3) is 67.3 Å². The molecule has 12 heteroatoms. The molecule has 0 atom stereocenters. The minimum absolute atomic E-state index is 0.338. The van der Waals surface area contributed by atoms with Crippen molar-refractivity contribution in [1.29, 1.82) is 0 Å². The Bertz CT molecular complexity index is 3030. The highest BCUT2D eigenvalue weighted by Crippen LogP contribution is 2.27. The van der Waals surface area contributed by atoms with E-state index in [0.29, 0.717) is 16.7 Å². The third-order valence-electron chi connectivity index (χ3n) is 10.5. The summed E-state index contributed by atoms with van der Waals surface area (Å²) in [6.45, 7) is 6.16. The highest BCUT2D eigenvalue weighted by atomic mass is 16.5. The summed E-state index contributed by atoms with van der Waals surface area (Å²) in [5.74, 6) is 1.52. The zero-order chi connectivity index (χ0) is 44.1. The van der Waals surface area contributed by atoms with Gasteiger partial charge in [0, 0.05) is 30.8 Å². The minimum atomic E-state index is -0.349. The van der Waals surface area contributed by atoms with Crippen LogP contribution in [-0.2, 0) is 28.3 Å². The number of aromatic nitrogens is 6. The quantitative estimate of drug-likeness (QED) is 0.128. The number of H-pyrrole nitrogens is 1. The number of rotatable bonds is 6. The van der Waals surface area contributed by atoms with E-state index in [0.717, 1.165) is 67.3 Å². The van der Waals surface area contributed by atoms with Crippen LogP contribution < -0.4 is 0 Å². The molecule has 1 N–H and O–H groups in total. The molecule has 0 radical (unpaired) electrons. The van der Waals surface area contributed by atoms with Gasteiger partial charge in [-0.25, -0.2) is 29.3 Å². The molecule has 12 nitrogen and oxygen atoms in total. The lowest BCUT2D eigenvalue weighted by molar-refractivity contribution is 0.0592. The van der Waals surface area contributed by atoms with E-state index in [4.69, 9.17) is 14.2 Å². The van der Waals surface area contributed by atoms with Gasteiger partial charge in [-0.3, -0.25) is 0 Å². The molecule has 0 saturated heterocycles. The number of carbonyl (C=O) groups excluding carboxylic acids is 3. The molecule has 0 aliphatic carbocycles. The maximum atomic E-state index is 11.6. The Balaban J connectivity index is 0.000000140. The average molecular weight is 827 g/mol. The summed E-state index contributed by atoms with van der Waals surface area (Å²) < 4.78 is 18.2. The van der Waals surface area contributed by atoms with Crippen molar-refractivity contribution in [3.05, 3.63) is 161 Å². The van der Waals surface area contributed by atoms with Gasteiger partial charge in [0.15, 0.2) is 0 Å². The van der Waals surface area contributed by atoms with Gasteiger partial charge in [-0.2, -0.15) is 0 Å². The van der Waals surface area contributed by atoms with Crippen molar-refractivity contribution in [2.45, 2.75) is 20.8 Å². The standard InChI is InChI=1S/2C17H16N2O2.C16H14N2O2/c1-11-4-6-12(7-5-11)16-18-14-10-13(17(20)21-3)8-9-15(14)19(16)2;1-11-4-6-12(7-5-11)16-18-14-9-8-13(17(20)21-3)10-15(14)19(16)2;1-10-3-5-11(6-4-10)15-17-13-8-7-12(16(19)20-2)9-14(13)18-15/h2*4-10H,1-3H3;3-9H,1-2H3,(H,17,18). The summed E-state index contributed by atoms with van der Waals surface area (Å²) in [6.07, 6.45) is 0. The van der Waals surface area contributed by atoms with E-state index in [2.05, 4.69) is 82.3 Å². The number of fused-ring (bicyclic) bond motifs is 3. The molecule has 9 rings (SSSR count). The lowest BCUT2D eigenvalue weighted by Gasteiger charge is -2.03. The Hall–Kier alpha value is -7.86. The van der Waals surface area contributed by atoms with E-state index < -0.39 is 0 Å². The van der Waals surface area contributed by atoms with Crippen molar-refractivity contribution < 1.29 is 28.6 Å². The number of benzene rings is 6. The van der Waals surface area contributed by atoms with Crippen LogP contribution >= 0.6 is 0 Å². The van der Waals surface area contributed by atoms with E-state index >= 15 is 0 Å². The second kappa shape index (κ2) is 18.2. The molecule has 0 amide bonds. The normalized spacial score (nSPS) is 10.8. The first kappa shape index (κ1) is 42.3. The number of methoxy groups -OCH3 is 3. The van der Waals surface area contributed by atoms with Gasteiger partial charge in [-0.15, -0.1) is 0 Å². The molecule has 0 spiro atoms. The van der Waals surface area contributed by atoms with Crippen LogP contribution in [-0.4, -0.2) is 68.3 Å². The molecular weight excluding hydrogens is 781 g/mol. The highest BCUT2D eigenvalue weighted by Gasteiger charge is 2.15. The zero-order valence-electron chi connectivity index (χ0n) is 35.8. The largest absolute Gasteiger partial charge is 0.465 e. The zero-order valence-corrected chi connectivity index (χ0v) is 35.8. The fourth-order valence-electron chi connectivity index (χ4n) is 6.90. The van der Waals surface area contributed by atoms with Gasteiger partial charge >= 0.3 is 17.9 Å². The smallest absolute Gasteiger partial charge is 0.337 e. The molecule has 0 saturated carbocycles. The van der Waals surface area contributed by atoms with Gasteiger partial charge in [0.25, 0.3) is 0 Å². The van der Waals surface area contributed by atoms with Crippen LogP contribution in [0.5, 0.6) is 0 Å². The topological polar surface area (TPSA) is 143 Å². The van der Waals surface area contributed by atoms with Crippen LogP contribution in [0.2, 0.25) is 0 Å². The minimum Gasteiger partial charge on any atom is -0.465 e. The van der Waals surface area contributed by atoms with E-state index in [1.165, 1.54) is 38.0 Å². The maximum absolute atomic E-state index is 11.6. The number of esters is 3. The molecule has 0 bridgehead atoms. The number of ether oxygens (including phenoxy) is 3. The first-order valence-corrected chi connectivity index (χ1v) is 19.8. The molecule has 0 aliphatic heterocycles. The van der Waals surface area contributed by atoms with Crippen molar-refractivity contribution >= 4 is 51.0 Å². The van der Waals surface area contributed by atoms with Gasteiger partial charge in [0.1, 0.15) is 17.5 Å². The lowest BCUT2D eigenvalue weighted by atomic mass is 10.1. The Labute approximate surface area is 358 Å². The number of imidazole rings is 3. The van der Waals surface area contributed by atoms with Gasteiger partial charge in [-0.05, 0) is 75.4 Å². The van der Waals surface area contributed by atoms with Crippen molar-refractivity contribution in [3.63, 3.8) is 0 Å². The number of hydrogen-bond acceptors (Lipinski definition) is 9. The molecule has 0 aliphatic rings. The van der Waals surface area contributed by atoms with Crippen molar-refractivity contribution in [2.75, 3.05) is 21.3 Å². The summed E-state index contributed by atoms with van der Waals surface area (Å²) in [7, 11) is 8.06. The first-order chi connectivity index (χ1) is 29.9. The third-order valence-corrected chi connectivity index (χ3v) is 10.5. The summed E-state index contributed by atoms with van der Waals surface area (Å²) in [5.41, 5.74) is 13.5. The lowest BCUT2D eigenvalue weighted by Crippen LogP contribution is -2.01. The van der Waals surface area contributed by atoms with Crippen molar-refractivity contribution in [2.24, 2.45) is 14.1 Å². The van der Waals surface area contributed by atoms with Crippen LogP contribution in [0.15, 0.2) is 127 Å². The molecule has 62 heavy (non-hydrogen) atoms. The fourth-order valence-corrected chi connectivity index (χ4v) is 6.90. The fraction of sp³-hybridized carbons (Fsp3) is 0.160. The second-order valence-electron chi connectivity index (χ2n) is 14.8. The monoisotopic (exact) mass is 826 g/mol.